The lowest BCUT2D eigenvalue weighted by Crippen LogP contribution is -2.18. The molecule has 1 amide bonds. The molecular formula is C16H15N5O2S. The molecule has 2 N–H and O–H groups in total. The zero-order valence-electron chi connectivity index (χ0n) is 13.1. The average Bonchev–Trinajstić information content (AvgIpc) is 2.96. The third-order valence-electron chi connectivity index (χ3n) is 2.96. The fourth-order valence-electron chi connectivity index (χ4n) is 1.91. The van der Waals surface area contributed by atoms with Gasteiger partial charge in [0.1, 0.15) is 5.69 Å². The number of ether oxygens (including phenoxy) is 1. The molecule has 24 heavy (non-hydrogen) atoms. The van der Waals surface area contributed by atoms with Crippen molar-refractivity contribution in [3.63, 3.8) is 0 Å². The van der Waals surface area contributed by atoms with Gasteiger partial charge in [-0.3, -0.25) is 10.3 Å². The highest BCUT2D eigenvalue weighted by atomic mass is 32.1. The van der Waals surface area contributed by atoms with Crippen molar-refractivity contribution < 1.29 is 9.53 Å². The highest BCUT2D eigenvalue weighted by Crippen LogP contribution is 2.26. The van der Waals surface area contributed by atoms with Crippen molar-refractivity contribution in [2.75, 3.05) is 10.6 Å². The predicted molar refractivity (Wildman–Crippen MR) is 93.0 cm³/mol. The van der Waals surface area contributed by atoms with Crippen molar-refractivity contribution in [2.24, 2.45) is 0 Å². The van der Waals surface area contributed by atoms with Crippen LogP contribution in [0.3, 0.4) is 0 Å². The molecular weight excluding hydrogens is 326 g/mol. The number of aryl methyl sites for hydroxylation is 2. The van der Waals surface area contributed by atoms with Gasteiger partial charge in [0.15, 0.2) is 5.13 Å². The maximum Gasteiger partial charge on any atom is 0.420 e. The van der Waals surface area contributed by atoms with Gasteiger partial charge in [-0.15, -0.1) is 11.3 Å². The SMILES string of the molecule is Cc1ccc(Nc2cccnc2)c(OC(=O)Nc2ncc(C)s2)n1. The van der Waals surface area contributed by atoms with E-state index < -0.39 is 6.09 Å². The Hall–Kier alpha value is -3.00. The number of thiazole rings is 1. The number of carbonyl (C=O) groups excluding carboxylic acids is 1. The molecule has 0 fully saturated rings. The van der Waals surface area contributed by atoms with Gasteiger partial charge < -0.3 is 10.1 Å². The summed E-state index contributed by atoms with van der Waals surface area (Å²) in [6, 6.07) is 7.29. The van der Waals surface area contributed by atoms with Crippen LogP contribution in [0.2, 0.25) is 0 Å². The lowest BCUT2D eigenvalue weighted by atomic mass is 10.3. The first-order chi connectivity index (χ1) is 11.6. The van der Waals surface area contributed by atoms with E-state index in [0.29, 0.717) is 10.8 Å². The molecule has 122 valence electrons. The van der Waals surface area contributed by atoms with Crippen LogP contribution in [-0.4, -0.2) is 21.0 Å². The van der Waals surface area contributed by atoms with Crippen molar-refractivity contribution in [1.29, 1.82) is 0 Å². The van der Waals surface area contributed by atoms with E-state index in [0.717, 1.165) is 16.3 Å². The van der Waals surface area contributed by atoms with Gasteiger partial charge in [0.05, 0.1) is 11.9 Å². The van der Waals surface area contributed by atoms with E-state index in [9.17, 15) is 4.79 Å². The van der Waals surface area contributed by atoms with E-state index in [1.54, 1.807) is 24.7 Å². The molecule has 3 rings (SSSR count). The molecule has 7 nitrogen and oxygen atoms in total. The Balaban J connectivity index is 1.76. The number of nitrogens with one attached hydrogen (secondary N) is 2. The highest BCUT2D eigenvalue weighted by Gasteiger charge is 2.13. The van der Waals surface area contributed by atoms with Crippen LogP contribution < -0.4 is 15.4 Å². The van der Waals surface area contributed by atoms with Gasteiger partial charge in [0, 0.05) is 23.0 Å². The van der Waals surface area contributed by atoms with Crippen LogP contribution in [0, 0.1) is 13.8 Å². The first-order valence-corrected chi connectivity index (χ1v) is 7.98. The maximum atomic E-state index is 12.1. The molecule has 3 aromatic heterocycles. The molecule has 0 atom stereocenters. The van der Waals surface area contributed by atoms with Gasteiger partial charge in [-0.1, -0.05) is 0 Å². The quantitative estimate of drug-likeness (QED) is 0.748. The first-order valence-electron chi connectivity index (χ1n) is 7.16. The molecule has 0 unspecified atom stereocenters. The number of anilines is 3. The number of amides is 1. The van der Waals surface area contributed by atoms with Gasteiger partial charge in [0.25, 0.3) is 0 Å². The molecule has 0 aliphatic rings. The largest absolute Gasteiger partial charge is 0.420 e. The van der Waals surface area contributed by atoms with Crippen molar-refractivity contribution >= 4 is 33.9 Å². The van der Waals surface area contributed by atoms with Crippen LogP contribution in [0.25, 0.3) is 0 Å². The molecule has 0 saturated heterocycles. The second-order valence-corrected chi connectivity index (χ2v) is 6.20. The fourth-order valence-corrected chi connectivity index (χ4v) is 2.56. The number of aromatic nitrogens is 3. The van der Waals surface area contributed by atoms with Crippen molar-refractivity contribution in [2.45, 2.75) is 13.8 Å². The van der Waals surface area contributed by atoms with Crippen LogP contribution >= 0.6 is 11.3 Å². The Morgan fingerprint density at radius 3 is 2.79 bits per heavy atom. The Bertz CT molecular complexity index is 851. The summed E-state index contributed by atoms with van der Waals surface area (Å²) in [7, 11) is 0. The van der Waals surface area contributed by atoms with Crippen LogP contribution in [-0.2, 0) is 0 Å². The summed E-state index contributed by atoms with van der Waals surface area (Å²) >= 11 is 1.37. The second-order valence-electron chi connectivity index (χ2n) is 4.96. The average molecular weight is 341 g/mol. The monoisotopic (exact) mass is 341 g/mol. The molecule has 8 heteroatoms. The second kappa shape index (κ2) is 7.05. The summed E-state index contributed by atoms with van der Waals surface area (Å²) in [5, 5.41) is 6.20. The zero-order valence-corrected chi connectivity index (χ0v) is 13.9. The molecule has 0 bridgehead atoms. The predicted octanol–water partition coefficient (Wildman–Crippen LogP) is 3.90. The Morgan fingerprint density at radius 1 is 1.21 bits per heavy atom. The topological polar surface area (TPSA) is 89.0 Å². The van der Waals surface area contributed by atoms with E-state index in [1.165, 1.54) is 11.3 Å². The molecule has 0 aliphatic carbocycles. The molecule has 0 aromatic carbocycles. The summed E-state index contributed by atoms with van der Waals surface area (Å²) in [4.78, 5) is 25.4. The van der Waals surface area contributed by atoms with Crippen LogP contribution in [0.4, 0.5) is 21.3 Å². The van der Waals surface area contributed by atoms with E-state index in [1.807, 2.05) is 32.0 Å². The minimum Gasteiger partial charge on any atom is -0.389 e. The molecule has 3 aromatic rings. The Labute approximate surface area is 142 Å². The summed E-state index contributed by atoms with van der Waals surface area (Å²) in [5.41, 5.74) is 2.07. The number of hydrogen-bond donors (Lipinski definition) is 2. The minimum absolute atomic E-state index is 0.185. The smallest absolute Gasteiger partial charge is 0.389 e. The number of rotatable bonds is 4. The molecule has 0 spiro atoms. The van der Waals surface area contributed by atoms with Crippen molar-refractivity contribution in [1.82, 2.24) is 15.0 Å². The van der Waals surface area contributed by atoms with Gasteiger partial charge in [-0.2, -0.15) is 0 Å². The zero-order chi connectivity index (χ0) is 16.9. The van der Waals surface area contributed by atoms with Crippen LogP contribution in [0.1, 0.15) is 10.6 Å². The van der Waals surface area contributed by atoms with E-state index >= 15 is 0 Å². The summed E-state index contributed by atoms with van der Waals surface area (Å²) in [6.45, 7) is 3.73. The maximum absolute atomic E-state index is 12.1. The lowest BCUT2D eigenvalue weighted by Gasteiger charge is -2.11. The van der Waals surface area contributed by atoms with E-state index in [-0.39, 0.29) is 5.88 Å². The lowest BCUT2D eigenvalue weighted by molar-refractivity contribution is 0.213. The van der Waals surface area contributed by atoms with Crippen LogP contribution in [0.15, 0.2) is 42.9 Å². The Kier molecular flexibility index (Phi) is 4.66. The number of carbonyl (C=O) groups is 1. The van der Waals surface area contributed by atoms with E-state index in [4.69, 9.17) is 4.74 Å². The Morgan fingerprint density at radius 2 is 2.08 bits per heavy atom. The number of hydrogen-bond acceptors (Lipinski definition) is 7. The normalized spacial score (nSPS) is 10.2. The van der Waals surface area contributed by atoms with Gasteiger partial charge in [-0.05, 0) is 38.1 Å². The molecule has 3 heterocycles. The molecule has 0 saturated carbocycles. The van der Waals surface area contributed by atoms with Crippen LogP contribution in [0.5, 0.6) is 5.88 Å². The van der Waals surface area contributed by atoms with Gasteiger partial charge >= 0.3 is 6.09 Å². The van der Waals surface area contributed by atoms with Crippen molar-refractivity contribution in [3.8, 4) is 5.88 Å². The summed E-state index contributed by atoms with van der Waals surface area (Å²) < 4.78 is 5.33. The standard InChI is InChI=1S/C16H15N5O2S/c1-10-5-6-13(20-12-4-3-7-17-9-12)14(19-10)23-16(22)21-15-18-8-11(2)24-15/h3-9,20H,1-2H3,(H,18,21,22). The minimum atomic E-state index is -0.642. The fraction of sp³-hybridized carbons (Fsp3) is 0.125. The third-order valence-corrected chi connectivity index (χ3v) is 3.79. The summed E-state index contributed by atoms with van der Waals surface area (Å²) in [6.07, 6.45) is 4.39. The molecule has 0 aliphatic heterocycles. The van der Waals surface area contributed by atoms with Crippen molar-refractivity contribution in [3.05, 3.63) is 53.4 Å². The van der Waals surface area contributed by atoms with Gasteiger partial charge in [-0.25, -0.2) is 14.8 Å². The third kappa shape index (κ3) is 4.05. The number of nitrogens with zero attached hydrogens (tertiary/aromatic N) is 3. The van der Waals surface area contributed by atoms with E-state index in [2.05, 4.69) is 25.6 Å². The number of pyridine rings is 2. The first kappa shape index (κ1) is 15.9. The highest BCUT2D eigenvalue weighted by molar-refractivity contribution is 7.15. The molecule has 0 radical (unpaired) electrons. The summed E-state index contributed by atoms with van der Waals surface area (Å²) in [5.74, 6) is 0.185. The van der Waals surface area contributed by atoms with Gasteiger partial charge in [0.2, 0.25) is 5.88 Å².